The van der Waals surface area contributed by atoms with E-state index in [0.29, 0.717) is 16.3 Å². The second-order valence-corrected chi connectivity index (χ2v) is 5.48. The summed E-state index contributed by atoms with van der Waals surface area (Å²) in [7, 11) is 0. The smallest absolute Gasteiger partial charge is 0.267 e. The van der Waals surface area contributed by atoms with Crippen molar-refractivity contribution in [2.75, 3.05) is 0 Å². The molecule has 0 aliphatic heterocycles. The highest BCUT2D eigenvalue weighted by molar-refractivity contribution is 6.32. The monoisotopic (exact) mass is 323 g/mol. The minimum absolute atomic E-state index is 0.272. The molecule has 0 aliphatic rings. The third kappa shape index (κ3) is 3.55. The summed E-state index contributed by atoms with van der Waals surface area (Å²) in [4.78, 5) is 16.3. The maximum atomic E-state index is 12.0. The molecule has 2 aromatic carbocycles. The largest absolute Gasteiger partial charge is 0.271 e. The summed E-state index contributed by atoms with van der Waals surface area (Å²) in [5.74, 6) is -0.272. The van der Waals surface area contributed by atoms with Crippen molar-refractivity contribution in [2.24, 2.45) is 5.10 Å². The van der Waals surface area contributed by atoms with Crippen LogP contribution in [0.3, 0.4) is 0 Å². The molecule has 1 aromatic heterocycles. The van der Waals surface area contributed by atoms with E-state index in [0.717, 1.165) is 16.5 Å². The Morgan fingerprint density at radius 1 is 1.17 bits per heavy atom. The quantitative estimate of drug-likeness (QED) is 0.450. The van der Waals surface area contributed by atoms with Gasteiger partial charge < -0.3 is 0 Å². The lowest BCUT2D eigenvalue weighted by molar-refractivity contribution is 0.0955. The number of aromatic nitrogens is 1. The fourth-order valence-corrected chi connectivity index (χ4v) is 2.32. The number of rotatable bonds is 3. The number of hydrogen-bond acceptors (Lipinski definition) is 3. The number of hydrogen-bond donors (Lipinski definition) is 1. The van der Waals surface area contributed by atoms with Crippen LogP contribution in [0.1, 0.15) is 21.5 Å². The second-order valence-electron chi connectivity index (χ2n) is 5.13. The van der Waals surface area contributed by atoms with Crippen molar-refractivity contribution in [1.29, 1.82) is 0 Å². The molecule has 3 rings (SSSR count). The summed E-state index contributed by atoms with van der Waals surface area (Å²) in [6.07, 6.45) is 1.49. The molecule has 0 bridgehead atoms. The Hall–Kier alpha value is -2.72. The molecule has 0 spiro atoms. The van der Waals surface area contributed by atoms with E-state index in [4.69, 9.17) is 11.6 Å². The molecular weight excluding hydrogens is 310 g/mol. The Kier molecular flexibility index (Phi) is 4.35. The predicted octanol–water partition coefficient (Wildman–Crippen LogP) is 3.96. The molecule has 0 saturated heterocycles. The summed E-state index contributed by atoms with van der Waals surface area (Å²) in [6, 6.07) is 16.8. The van der Waals surface area contributed by atoms with Gasteiger partial charge in [0.2, 0.25) is 0 Å². The van der Waals surface area contributed by atoms with Gasteiger partial charge in [-0.05, 0) is 31.2 Å². The van der Waals surface area contributed by atoms with Crippen LogP contribution < -0.4 is 5.43 Å². The fourth-order valence-electron chi connectivity index (χ4n) is 2.13. The Morgan fingerprint density at radius 2 is 1.91 bits per heavy atom. The Morgan fingerprint density at radius 3 is 2.70 bits per heavy atom. The number of pyridine rings is 1. The van der Waals surface area contributed by atoms with E-state index in [1.165, 1.54) is 6.21 Å². The number of hydrazone groups is 1. The zero-order valence-electron chi connectivity index (χ0n) is 12.5. The molecule has 4 nitrogen and oxygen atoms in total. The number of amides is 1. The van der Waals surface area contributed by atoms with Gasteiger partial charge in [-0.1, -0.05) is 47.5 Å². The number of para-hydroxylation sites is 1. The van der Waals surface area contributed by atoms with E-state index in [2.05, 4.69) is 15.5 Å². The molecule has 1 amide bonds. The second kappa shape index (κ2) is 6.58. The molecule has 3 aromatic rings. The number of carbonyl (C=O) groups excluding carboxylic acids is 1. The minimum atomic E-state index is -0.272. The van der Waals surface area contributed by atoms with Crippen molar-refractivity contribution in [1.82, 2.24) is 10.4 Å². The first-order valence-corrected chi connectivity index (χ1v) is 7.46. The predicted molar refractivity (Wildman–Crippen MR) is 93.0 cm³/mol. The normalized spacial score (nSPS) is 11.0. The zero-order chi connectivity index (χ0) is 16.2. The number of fused-ring (bicyclic) bond motifs is 1. The number of benzene rings is 2. The summed E-state index contributed by atoms with van der Waals surface area (Å²) in [5.41, 5.74) is 5.60. The van der Waals surface area contributed by atoms with Gasteiger partial charge in [-0.3, -0.25) is 4.79 Å². The lowest BCUT2D eigenvalue weighted by Crippen LogP contribution is -2.17. The van der Waals surface area contributed by atoms with Crippen molar-refractivity contribution in [3.05, 3.63) is 76.4 Å². The molecule has 0 aliphatic carbocycles. The molecule has 23 heavy (non-hydrogen) atoms. The van der Waals surface area contributed by atoms with Gasteiger partial charge in [-0.25, -0.2) is 10.4 Å². The maximum Gasteiger partial charge on any atom is 0.271 e. The lowest BCUT2D eigenvalue weighted by Gasteiger charge is -2.02. The van der Waals surface area contributed by atoms with E-state index in [9.17, 15) is 4.79 Å². The van der Waals surface area contributed by atoms with Crippen molar-refractivity contribution in [3.8, 4) is 0 Å². The van der Waals surface area contributed by atoms with Crippen LogP contribution in [0.2, 0.25) is 5.15 Å². The van der Waals surface area contributed by atoms with Gasteiger partial charge in [0.1, 0.15) is 5.15 Å². The molecule has 1 N–H and O–H groups in total. The highest BCUT2D eigenvalue weighted by Gasteiger charge is 2.05. The highest BCUT2D eigenvalue weighted by atomic mass is 35.5. The summed E-state index contributed by atoms with van der Waals surface area (Å²) in [5, 5.41) is 5.26. The van der Waals surface area contributed by atoms with Gasteiger partial charge in [0, 0.05) is 16.5 Å². The van der Waals surface area contributed by atoms with Crippen molar-refractivity contribution < 1.29 is 4.79 Å². The summed E-state index contributed by atoms with van der Waals surface area (Å²) >= 11 is 6.14. The van der Waals surface area contributed by atoms with Crippen LogP contribution in [0.5, 0.6) is 0 Å². The van der Waals surface area contributed by atoms with E-state index in [-0.39, 0.29) is 5.91 Å². The number of carbonyl (C=O) groups is 1. The SMILES string of the molecule is Cc1ccc(C(=O)N/N=C/c2cc3ccccc3nc2Cl)cc1. The topological polar surface area (TPSA) is 54.4 Å². The summed E-state index contributed by atoms with van der Waals surface area (Å²) < 4.78 is 0. The van der Waals surface area contributed by atoms with Crippen LogP contribution in [0.25, 0.3) is 10.9 Å². The van der Waals surface area contributed by atoms with Crippen molar-refractivity contribution in [2.45, 2.75) is 6.92 Å². The van der Waals surface area contributed by atoms with Gasteiger partial charge in [0.15, 0.2) is 0 Å². The fraction of sp³-hybridized carbons (Fsp3) is 0.0556. The molecule has 0 fully saturated rings. The Bertz CT molecular complexity index is 888. The first-order chi connectivity index (χ1) is 11.1. The van der Waals surface area contributed by atoms with Crippen molar-refractivity contribution >= 4 is 34.6 Å². The van der Waals surface area contributed by atoms with Crippen LogP contribution >= 0.6 is 11.6 Å². The van der Waals surface area contributed by atoms with E-state index < -0.39 is 0 Å². The first kappa shape index (κ1) is 15.2. The van der Waals surface area contributed by atoms with Gasteiger partial charge in [0.25, 0.3) is 5.91 Å². The molecule has 114 valence electrons. The van der Waals surface area contributed by atoms with Gasteiger partial charge in [-0.15, -0.1) is 0 Å². The van der Waals surface area contributed by atoms with Gasteiger partial charge in [0.05, 0.1) is 11.7 Å². The van der Waals surface area contributed by atoms with E-state index >= 15 is 0 Å². The van der Waals surface area contributed by atoms with E-state index in [1.807, 2.05) is 49.4 Å². The van der Waals surface area contributed by atoms with Crippen LogP contribution in [0, 0.1) is 6.92 Å². The van der Waals surface area contributed by atoms with Gasteiger partial charge in [-0.2, -0.15) is 5.10 Å². The summed E-state index contributed by atoms with van der Waals surface area (Å²) in [6.45, 7) is 1.97. The molecule has 0 radical (unpaired) electrons. The van der Waals surface area contributed by atoms with Crippen LogP contribution in [0.4, 0.5) is 0 Å². The molecule has 0 saturated carbocycles. The average Bonchev–Trinajstić information content (AvgIpc) is 2.56. The average molecular weight is 324 g/mol. The standard InChI is InChI=1S/C18H14ClN3O/c1-12-6-8-13(9-7-12)18(23)22-20-11-15-10-14-4-2-3-5-16(14)21-17(15)19/h2-11H,1H3,(H,22,23)/b20-11+. The van der Waals surface area contributed by atoms with Crippen LogP contribution in [-0.4, -0.2) is 17.1 Å². The Labute approximate surface area is 138 Å². The molecule has 1 heterocycles. The van der Waals surface area contributed by atoms with E-state index in [1.54, 1.807) is 12.1 Å². The molecule has 5 heteroatoms. The van der Waals surface area contributed by atoms with Gasteiger partial charge >= 0.3 is 0 Å². The molecule has 0 atom stereocenters. The third-order valence-electron chi connectivity index (χ3n) is 3.39. The zero-order valence-corrected chi connectivity index (χ0v) is 13.2. The van der Waals surface area contributed by atoms with Crippen LogP contribution in [0.15, 0.2) is 59.7 Å². The number of nitrogens with one attached hydrogen (secondary N) is 1. The van der Waals surface area contributed by atoms with Crippen molar-refractivity contribution in [3.63, 3.8) is 0 Å². The molecule has 0 unspecified atom stereocenters. The maximum absolute atomic E-state index is 12.0. The Balaban J connectivity index is 1.76. The number of nitrogens with zero attached hydrogens (tertiary/aromatic N) is 2. The lowest BCUT2D eigenvalue weighted by atomic mass is 10.1. The highest BCUT2D eigenvalue weighted by Crippen LogP contribution is 2.18. The minimum Gasteiger partial charge on any atom is -0.267 e. The van der Waals surface area contributed by atoms with Crippen LogP contribution in [-0.2, 0) is 0 Å². The number of aryl methyl sites for hydroxylation is 1. The molecular formula is C18H14ClN3O. The third-order valence-corrected chi connectivity index (χ3v) is 3.69. The first-order valence-electron chi connectivity index (χ1n) is 7.09. The number of halogens is 1.